The van der Waals surface area contributed by atoms with Crippen molar-refractivity contribution in [2.24, 2.45) is 0 Å². The lowest BCUT2D eigenvalue weighted by Crippen LogP contribution is -2.25. The minimum Gasteiger partial charge on any atom is -0.469 e. The number of methoxy groups -OCH3 is 1. The number of pyridine rings is 1. The second-order valence-electron chi connectivity index (χ2n) is 4.73. The summed E-state index contributed by atoms with van der Waals surface area (Å²) in [5, 5.41) is 2.87. The lowest BCUT2D eigenvalue weighted by atomic mass is 10.1. The minimum atomic E-state index is -0.185. The first-order valence-electron chi connectivity index (χ1n) is 6.84. The number of nitrogens with zero attached hydrogens (tertiary/aromatic N) is 1. The van der Waals surface area contributed by atoms with Gasteiger partial charge in [-0.05, 0) is 38.8 Å². The van der Waals surface area contributed by atoms with E-state index in [0.717, 1.165) is 30.7 Å². The van der Waals surface area contributed by atoms with Crippen LogP contribution in [0.3, 0.4) is 0 Å². The molecule has 0 aromatic carbocycles. The SMILES string of the molecule is COC(=O)CCCCCNC(=O)c1ccc(C)nc1C. The maximum Gasteiger partial charge on any atom is 0.305 e. The molecule has 0 unspecified atom stereocenters. The van der Waals surface area contributed by atoms with Gasteiger partial charge >= 0.3 is 5.97 Å². The lowest BCUT2D eigenvalue weighted by Gasteiger charge is -2.07. The van der Waals surface area contributed by atoms with E-state index in [0.29, 0.717) is 18.5 Å². The molecular weight excluding hydrogens is 256 g/mol. The Kier molecular flexibility index (Phi) is 6.70. The van der Waals surface area contributed by atoms with Gasteiger partial charge in [0.2, 0.25) is 0 Å². The molecule has 0 saturated heterocycles. The molecule has 5 nitrogen and oxygen atoms in total. The van der Waals surface area contributed by atoms with Crippen molar-refractivity contribution in [3.05, 3.63) is 29.1 Å². The summed E-state index contributed by atoms with van der Waals surface area (Å²) in [6.45, 7) is 4.33. The molecule has 0 aliphatic heterocycles. The van der Waals surface area contributed by atoms with Crippen LogP contribution in [-0.2, 0) is 9.53 Å². The van der Waals surface area contributed by atoms with Gasteiger partial charge in [0.05, 0.1) is 18.4 Å². The predicted octanol–water partition coefficient (Wildman–Crippen LogP) is 2.16. The first-order valence-corrected chi connectivity index (χ1v) is 6.84. The van der Waals surface area contributed by atoms with E-state index in [1.54, 1.807) is 6.07 Å². The van der Waals surface area contributed by atoms with Gasteiger partial charge in [-0.1, -0.05) is 6.42 Å². The fraction of sp³-hybridized carbons (Fsp3) is 0.533. The number of nitrogens with one attached hydrogen (secondary N) is 1. The molecule has 110 valence electrons. The van der Waals surface area contributed by atoms with Gasteiger partial charge in [0.1, 0.15) is 0 Å². The summed E-state index contributed by atoms with van der Waals surface area (Å²) in [7, 11) is 1.39. The normalized spacial score (nSPS) is 10.2. The number of ether oxygens (including phenoxy) is 1. The van der Waals surface area contributed by atoms with Crippen molar-refractivity contribution in [2.45, 2.75) is 39.5 Å². The van der Waals surface area contributed by atoms with Gasteiger partial charge in [-0.3, -0.25) is 14.6 Å². The monoisotopic (exact) mass is 278 g/mol. The number of carbonyl (C=O) groups excluding carboxylic acids is 2. The molecule has 0 spiro atoms. The minimum absolute atomic E-state index is 0.0945. The topological polar surface area (TPSA) is 68.3 Å². The second kappa shape index (κ2) is 8.30. The number of esters is 1. The van der Waals surface area contributed by atoms with Crippen LogP contribution in [-0.4, -0.2) is 30.5 Å². The van der Waals surface area contributed by atoms with Crippen LogP contribution in [0.2, 0.25) is 0 Å². The van der Waals surface area contributed by atoms with Crippen molar-refractivity contribution >= 4 is 11.9 Å². The van der Waals surface area contributed by atoms with Crippen LogP contribution in [0.15, 0.2) is 12.1 Å². The molecule has 1 heterocycles. The highest BCUT2D eigenvalue weighted by atomic mass is 16.5. The van der Waals surface area contributed by atoms with Crippen molar-refractivity contribution in [1.82, 2.24) is 10.3 Å². The molecule has 1 aromatic rings. The van der Waals surface area contributed by atoms with Gasteiger partial charge in [0, 0.05) is 18.7 Å². The highest BCUT2D eigenvalue weighted by molar-refractivity contribution is 5.95. The number of hydrogen-bond acceptors (Lipinski definition) is 4. The van der Waals surface area contributed by atoms with Gasteiger partial charge in [-0.25, -0.2) is 0 Å². The largest absolute Gasteiger partial charge is 0.469 e. The molecule has 0 aliphatic carbocycles. The van der Waals surface area contributed by atoms with Crippen LogP contribution in [0.4, 0.5) is 0 Å². The molecule has 1 amide bonds. The van der Waals surface area contributed by atoms with Gasteiger partial charge in [0.25, 0.3) is 5.91 Å². The maximum atomic E-state index is 11.9. The summed E-state index contributed by atoms with van der Waals surface area (Å²) in [6.07, 6.45) is 2.96. The Morgan fingerprint density at radius 3 is 2.60 bits per heavy atom. The van der Waals surface area contributed by atoms with Gasteiger partial charge in [-0.15, -0.1) is 0 Å². The van der Waals surface area contributed by atoms with Crippen LogP contribution in [0, 0.1) is 13.8 Å². The summed E-state index contributed by atoms with van der Waals surface area (Å²) < 4.78 is 4.56. The zero-order valence-electron chi connectivity index (χ0n) is 12.4. The molecule has 1 aromatic heterocycles. The Morgan fingerprint density at radius 2 is 1.95 bits per heavy atom. The fourth-order valence-electron chi connectivity index (χ4n) is 1.90. The molecule has 0 atom stereocenters. The molecular formula is C15H22N2O3. The van der Waals surface area contributed by atoms with E-state index in [-0.39, 0.29) is 11.9 Å². The van der Waals surface area contributed by atoms with E-state index in [1.807, 2.05) is 19.9 Å². The number of rotatable bonds is 7. The van der Waals surface area contributed by atoms with Gasteiger partial charge in [-0.2, -0.15) is 0 Å². The smallest absolute Gasteiger partial charge is 0.305 e. The van der Waals surface area contributed by atoms with E-state index in [2.05, 4.69) is 15.0 Å². The molecule has 0 saturated carbocycles. The number of amides is 1. The molecule has 0 radical (unpaired) electrons. The van der Waals surface area contributed by atoms with Crippen LogP contribution in [0.1, 0.15) is 47.4 Å². The van der Waals surface area contributed by atoms with Crippen molar-refractivity contribution in [3.8, 4) is 0 Å². The zero-order valence-corrected chi connectivity index (χ0v) is 12.4. The Labute approximate surface area is 119 Å². The zero-order chi connectivity index (χ0) is 15.0. The quantitative estimate of drug-likeness (QED) is 0.613. The van der Waals surface area contributed by atoms with Gasteiger partial charge < -0.3 is 10.1 Å². The third-order valence-electron chi connectivity index (χ3n) is 3.04. The third-order valence-corrected chi connectivity index (χ3v) is 3.04. The number of hydrogen-bond donors (Lipinski definition) is 1. The first-order chi connectivity index (χ1) is 9.54. The van der Waals surface area contributed by atoms with E-state index in [9.17, 15) is 9.59 Å². The van der Waals surface area contributed by atoms with E-state index in [4.69, 9.17) is 0 Å². The molecule has 1 N–H and O–H groups in total. The summed E-state index contributed by atoms with van der Waals surface area (Å²) in [5.41, 5.74) is 2.26. The van der Waals surface area contributed by atoms with Crippen LogP contribution < -0.4 is 5.32 Å². The highest BCUT2D eigenvalue weighted by Gasteiger charge is 2.09. The first kappa shape index (κ1) is 16.1. The van der Waals surface area contributed by atoms with Crippen molar-refractivity contribution in [3.63, 3.8) is 0 Å². The van der Waals surface area contributed by atoms with Crippen LogP contribution in [0.5, 0.6) is 0 Å². The number of aryl methyl sites for hydroxylation is 2. The Morgan fingerprint density at radius 1 is 1.20 bits per heavy atom. The Hall–Kier alpha value is -1.91. The predicted molar refractivity (Wildman–Crippen MR) is 76.5 cm³/mol. The highest BCUT2D eigenvalue weighted by Crippen LogP contribution is 2.06. The lowest BCUT2D eigenvalue weighted by molar-refractivity contribution is -0.140. The van der Waals surface area contributed by atoms with Crippen LogP contribution in [0.25, 0.3) is 0 Å². The average molecular weight is 278 g/mol. The standard InChI is InChI=1S/C15H22N2O3/c1-11-8-9-13(12(2)17-11)15(19)16-10-6-4-5-7-14(18)20-3/h8-9H,4-7,10H2,1-3H3,(H,16,19). The Balaban J connectivity index is 2.25. The molecule has 0 bridgehead atoms. The van der Waals surface area contributed by atoms with Crippen molar-refractivity contribution in [1.29, 1.82) is 0 Å². The fourth-order valence-corrected chi connectivity index (χ4v) is 1.90. The van der Waals surface area contributed by atoms with E-state index in [1.165, 1.54) is 7.11 Å². The summed E-state index contributed by atoms with van der Waals surface area (Å²) >= 11 is 0. The van der Waals surface area contributed by atoms with Crippen LogP contribution >= 0.6 is 0 Å². The number of aromatic nitrogens is 1. The van der Waals surface area contributed by atoms with E-state index < -0.39 is 0 Å². The third kappa shape index (κ3) is 5.38. The summed E-state index contributed by atoms with van der Waals surface area (Å²) in [6, 6.07) is 3.63. The molecule has 0 fully saturated rings. The molecule has 0 aliphatic rings. The number of carbonyl (C=O) groups is 2. The summed E-state index contributed by atoms with van der Waals surface area (Å²) in [5.74, 6) is -0.279. The summed E-state index contributed by atoms with van der Waals surface area (Å²) in [4.78, 5) is 27.1. The average Bonchev–Trinajstić information content (AvgIpc) is 2.42. The Bertz CT molecular complexity index is 472. The molecule has 20 heavy (non-hydrogen) atoms. The second-order valence-corrected chi connectivity index (χ2v) is 4.73. The molecule has 1 rings (SSSR count). The van der Waals surface area contributed by atoms with E-state index >= 15 is 0 Å². The van der Waals surface area contributed by atoms with Gasteiger partial charge in [0.15, 0.2) is 0 Å². The molecule has 5 heteroatoms. The van der Waals surface area contributed by atoms with Crippen molar-refractivity contribution in [2.75, 3.05) is 13.7 Å². The maximum absolute atomic E-state index is 11.9. The van der Waals surface area contributed by atoms with Crippen molar-refractivity contribution < 1.29 is 14.3 Å². The number of unbranched alkanes of at least 4 members (excludes halogenated alkanes) is 2.